The van der Waals surface area contributed by atoms with Crippen LogP contribution in [0, 0.1) is 5.82 Å². The molecule has 0 aliphatic heterocycles. The van der Waals surface area contributed by atoms with Crippen LogP contribution in [0.3, 0.4) is 0 Å². The highest BCUT2D eigenvalue weighted by Crippen LogP contribution is 2.22. The maximum atomic E-state index is 12.6. The fourth-order valence-corrected chi connectivity index (χ4v) is 1.20. The number of hydrogen-bond acceptors (Lipinski definition) is 2. The van der Waals surface area contributed by atoms with E-state index in [2.05, 4.69) is 4.74 Å². The van der Waals surface area contributed by atoms with E-state index in [-0.39, 0.29) is 24.4 Å². The lowest BCUT2D eigenvalue weighted by atomic mass is 10.1. The van der Waals surface area contributed by atoms with Gasteiger partial charge in [0.15, 0.2) is 11.9 Å². The molecule has 1 aromatic carbocycles. The second-order valence-electron chi connectivity index (χ2n) is 3.73. The standard InChI is InChI=1S/C12H12F4O2/c1-8(12(14,15)16)18-7-6-11(17)9-2-4-10(13)5-3-9/h2-5,8H,6-7H2,1H3. The molecule has 0 aliphatic rings. The van der Waals surface area contributed by atoms with Crippen LogP contribution in [0.5, 0.6) is 0 Å². The summed E-state index contributed by atoms with van der Waals surface area (Å²) in [6.07, 6.45) is -6.51. The van der Waals surface area contributed by atoms with Crippen molar-refractivity contribution in [3.8, 4) is 0 Å². The first kappa shape index (κ1) is 14.6. The Morgan fingerprint density at radius 1 is 1.28 bits per heavy atom. The van der Waals surface area contributed by atoms with Crippen molar-refractivity contribution in [2.45, 2.75) is 25.6 Å². The minimum atomic E-state index is -4.43. The molecule has 0 aliphatic carbocycles. The largest absolute Gasteiger partial charge is 0.414 e. The number of ether oxygens (including phenoxy) is 1. The van der Waals surface area contributed by atoms with Crippen molar-refractivity contribution >= 4 is 5.78 Å². The van der Waals surface area contributed by atoms with Crippen LogP contribution in [0.15, 0.2) is 24.3 Å². The number of benzene rings is 1. The van der Waals surface area contributed by atoms with Crippen molar-refractivity contribution in [2.75, 3.05) is 6.61 Å². The van der Waals surface area contributed by atoms with Gasteiger partial charge in [0.25, 0.3) is 0 Å². The summed E-state index contributed by atoms with van der Waals surface area (Å²) in [5, 5.41) is 0. The molecule has 0 N–H and O–H groups in total. The molecule has 0 saturated heterocycles. The molecule has 1 aromatic rings. The monoisotopic (exact) mass is 264 g/mol. The van der Waals surface area contributed by atoms with Crippen LogP contribution < -0.4 is 0 Å². The van der Waals surface area contributed by atoms with E-state index < -0.39 is 18.1 Å². The minimum absolute atomic E-state index is 0.175. The second kappa shape index (κ2) is 5.95. The summed E-state index contributed by atoms with van der Waals surface area (Å²) >= 11 is 0. The Hall–Kier alpha value is -1.43. The summed E-state index contributed by atoms with van der Waals surface area (Å²) in [5.41, 5.74) is 0.250. The van der Waals surface area contributed by atoms with Crippen LogP contribution in [0.1, 0.15) is 23.7 Å². The van der Waals surface area contributed by atoms with E-state index in [4.69, 9.17) is 0 Å². The van der Waals surface area contributed by atoms with E-state index in [0.29, 0.717) is 0 Å². The zero-order chi connectivity index (χ0) is 13.8. The number of halogens is 4. The van der Waals surface area contributed by atoms with E-state index in [1.807, 2.05) is 0 Å². The van der Waals surface area contributed by atoms with E-state index >= 15 is 0 Å². The highest BCUT2D eigenvalue weighted by atomic mass is 19.4. The summed E-state index contributed by atoms with van der Waals surface area (Å²) in [7, 11) is 0. The predicted molar refractivity (Wildman–Crippen MR) is 56.8 cm³/mol. The molecule has 100 valence electrons. The van der Waals surface area contributed by atoms with Gasteiger partial charge >= 0.3 is 6.18 Å². The molecular weight excluding hydrogens is 252 g/mol. The smallest absolute Gasteiger partial charge is 0.369 e. The van der Waals surface area contributed by atoms with Gasteiger partial charge in [-0.3, -0.25) is 4.79 Å². The maximum Gasteiger partial charge on any atom is 0.414 e. The third-order valence-corrected chi connectivity index (χ3v) is 2.32. The third kappa shape index (κ3) is 4.44. The first-order valence-electron chi connectivity index (χ1n) is 5.28. The summed E-state index contributed by atoms with van der Waals surface area (Å²) in [4.78, 5) is 11.5. The van der Waals surface area contributed by atoms with E-state index in [9.17, 15) is 22.4 Å². The van der Waals surface area contributed by atoms with Crippen LogP contribution in [0.4, 0.5) is 17.6 Å². The van der Waals surface area contributed by atoms with Gasteiger partial charge in [-0.25, -0.2) is 4.39 Å². The van der Waals surface area contributed by atoms with E-state index in [1.54, 1.807) is 0 Å². The Kier molecular flexibility index (Phi) is 4.84. The zero-order valence-corrected chi connectivity index (χ0v) is 9.63. The lowest BCUT2D eigenvalue weighted by molar-refractivity contribution is -0.213. The molecule has 0 saturated carbocycles. The topological polar surface area (TPSA) is 26.3 Å². The molecule has 0 fully saturated rings. The van der Waals surface area contributed by atoms with Crippen LogP contribution in [-0.2, 0) is 4.74 Å². The molecule has 0 heterocycles. The minimum Gasteiger partial charge on any atom is -0.369 e. The van der Waals surface area contributed by atoms with Crippen molar-refractivity contribution < 1.29 is 27.1 Å². The molecule has 0 aromatic heterocycles. The lowest BCUT2D eigenvalue weighted by Gasteiger charge is -2.15. The summed E-state index contributed by atoms with van der Waals surface area (Å²) in [6.45, 7) is 0.555. The van der Waals surface area contributed by atoms with Gasteiger partial charge in [0.1, 0.15) is 5.82 Å². The number of carbonyl (C=O) groups excluding carboxylic acids is 1. The Morgan fingerprint density at radius 2 is 1.83 bits per heavy atom. The first-order valence-corrected chi connectivity index (χ1v) is 5.28. The Morgan fingerprint density at radius 3 is 2.33 bits per heavy atom. The van der Waals surface area contributed by atoms with Crippen molar-refractivity contribution in [3.05, 3.63) is 35.6 Å². The molecule has 0 spiro atoms. The van der Waals surface area contributed by atoms with Crippen LogP contribution >= 0.6 is 0 Å². The number of Topliss-reactive ketones (excluding diaryl/α,β-unsaturated/α-hetero) is 1. The number of hydrogen-bond donors (Lipinski definition) is 0. The molecule has 1 rings (SSSR count). The Bertz CT molecular complexity index is 398. The highest BCUT2D eigenvalue weighted by molar-refractivity contribution is 5.96. The molecular formula is C12H12F4O2. The van der Waals surface area contributed by atoms with Crippen LogP contribution in [0.25, 0.3) is 0 Å². The Labute approximate surface area is 102 Å². The SMILES string of the molecule is CC(OCCC(=O)c1ccc(F)cc1)C(F)(F)F. The van der Waals surface area contributed by atoms with Gasteiger partial charge in [0.2, 0.25) is 0 Å². The predicted octanol–water partition coefficient (Wildman–Crippen LogP) is 3.37. The second-order valence-corrected chi connectivity index (χ2v) is 3.73. The van der Waals surface area contributed by atoms with Gasteiger partial charge in [0.05, 0.1) is 6.61 Å². The average molecular weight is 264 g/mol. The van der Waals surface area contributed by atoms with Gasteiger partial charge in [-0.1, -0.05) is 0 Å². The summed E-state index contributed by atoms with van der Waals surface area (Å²) < 4.78 is 53.3. The maximum absolute atomic E-state index is 12.6. The number of carbonyl (C=O) groups is 1. The van der Waals surface area contributed by atoms with Gasteiger partial charge in [0, 0.05) is 12.0 Å². The molecule has 18 heavy (non-hydrogen) atoms. The fourth-order valence-electron chi connectivity index (χ4n) is 1.20. The molecule has 1 atom stereocenters. The molecule has 1 unspecified atom stereocenters. The quantitative estimate of drug-likeness (QED) is 0.602. The van der Waals surface area contributed by atoms with E-state index in [1.165, 1.54) is 12.1 Å². The van der Waals surface area contributed by atoms with Crippen molar-refractivity contribution in [3.63, 3.8) is 0 Å². The Balaban J connectivity index is 2.40. The van der Waals surface area contributed by atoms with Gasteiger partial charge < -0.3 is 4.74 Å². The van der Waals surface area contributed by atoms with Crippen molar-refractivity contribution in [2.24, 2.45) is 0 Å². The zero-order valence-electron chi connectivity index (χ0n) is 9.63. The fraction of sp³-hybridized carbons (Fsp3) is 0.417. The van der Waals surface area contributed by atoms with Gasteiger partial charge in [-0.15, -0.1) is 0 Å². The number of alkyl halides is 3. The normalized spacial score (nSPS) is 13.4. The molecule has 6 heteroatoms. The van der Waals surface area contributed by atoms with E-state index in [0.717, 1.165) is 19.1 Å². The number of rotatable bonds is 5. The van der Waals surface area contributed by atoms with Crippen molar-refractivity contribution in [1.82, 2.24) is 0 Å². The molecule has 0 radical (unpaired) electrons. The third-order valence-electron chi connectivity index (χ3n) is 2.32. The highest BCUT2D eigenvalue weighted by Gasteiger charge is 2.36. The van der Waals surface area contributed by atoms with Crippen LogP contribution in [-0.4, -0.2) is 24.7 Å². The lowest BCUT2D eigenvalue weighted by Crippen LogP contribution is -2.29. The first-order chi connectivity index (χ1) is 8.30. The average Bonchev–Trinajstić information content (AvgIpc) is 2.28. The molecule has 2 nitrogen and oxygen atoms in total. The molecule has 0 bridgehead atoms. The van der Waals surface area contributed by atoms with Crippen molar-refractivity contribution in [1.29, 1.82) is 0 Å². The summed E-state index contributed by atoms with van der Waals surface area (Å²) in [5.74, 6) is -0.863. The van der Waals surface area contributed by atoms with Gasteiger partial charge in [-0.05, 0) is 31.2 Å². The van der Waals surface area contributed by atoms with Gasteiger partial charge in [-0.2, -0.15) is 13.2 Å². The number of ketones is 1. The summed E-state index contributed by atoms with van der Waals surface area (Å²) in [6, 6.07) is 4.80. The van der Waals surface area contributed by atoms with Crippen LogP contribution in [0.2, 0.25) is 0 Å². The molecule has 0 amide bonds.